The largest absolute Gasteiger partial charge is 0.329 e. The first-order valence-corrected chi connectivity index (χ1v) is 6.88. The van der Waals surface area contributed by atoms with Gasteiger partial charge in [0.15, 0.2) is 0 Å². The van der Waals surface area contributed by atoms with Gasteiger partial charge in [0.1, 0.15) is 0 Å². The van der Waals surface area contributed by atoms with Crippen molar-refractivity contribution in [3.63, 3.8) is 0 Å². The molecule has 0 aromatic carbocycles. The molecule has 0 amide bonds. The first kappa shape index (κ1) is 13.7. The van der Waals surface area contributed by atoms with E-state index in [9.17, 15) is 0 Å². The van der Waals surface area contributed by atoms with Gasteiger partial charge in [0.25, 0.3) is 0 Å². The highest BCUT2D eigenvalue weighted by Gasteiger charge is 2.21. The van der Waals surface area contributed by atoms with Crippen LogP contribution < -0.4 is 5.73 Å². The van der Waals surface area contributed by atoms with Crippen LogP contribution in [-0.4, -0.2) is 30.6 Å². The van der Waals surface area contributed by atoms with E-state index in [1.54, 1.807) is 0 Å². The Labute approximate surface area is 103 Å². The highest BCUT2D eigenvalue weighted by Crippen LogP contribution is 2.17. The van der Waals surface area contributed by atoms with E-state index >= 15 is 0 Å². The Kier molecular flexibility index (Phi) is 5.46. The molecule has 2 atom stereocenters. The fourth-order valence-corrected chi connectivity index (χ4v) is 2.93. The molecule has 0 fully saturated rings. The second-order valence-electron chi connectivity index (χ2n) is 4.85. The van der Waals surface area contributed by atoms with Crippen LogP contribution in [0.15, 0.2) is 17.5 Å². The molecule has 0 bridgehead atoms. The van der Waals surface area contributed by atoms with Crippen LogP contribution in [0.2, 0.25) is 0 Å². The van der Waals surface area contributed by atoms with Gasteiger partial charge in [-0.15, -0.1) is 11.3 Å². The topological polar surface area (TPSA) is 29.3 Å². The zero-order chi connectivity index (χ0) is 12.1. The Hall–Kier alpha value is -0.380. The van der Waals surface area contributed by atoms with Crippen molar-refractivity contribution in [2.75, 3.05) is 13.6 Å². The number of thiophene rings is 1. The summed E-state index contributed by atoms with van der Waals surface area (Å²) in [5, 5.41) is 2.14. The Bertz CT molecular complexity index is 282. The monoisotopic (exact) mass is 240 g/mol. The summed E-state index contributed by atoms with van der Waals surface area (Å²) in [6.45, 7) is 7.51. The minimum absolute atomic E-state index is 0.481. The molecule has 1 rings (SSSR count). The van der Waals surface area contributed by atoms with Gasteiger partial charge in [0, 0.05) is 23.5 Å². The third-order valence-corrected chi connectivity index (χ3v) is 4.20. The number of rotatable bonds is 6. The molecule has 0 aliphatic heterocycles. The van der Waals surface area contributed by atoms with Crippen molar-refractivity contribution < 1.29 is 0 Å². The summed E-state index contributed by atoms with van der Waals surface area (Å²) in [6.07, 6.45) is 1.12. The normalized spacial score (nSPS) is 15.7. The maximum Gasteiger partial charge on any atom is 0.0241 e. The number of nitrogens with two attached hydrogens (primary N) is 1. The summed E-state index contributed by atoms with van der Waals surface area (Å²) in [7, 11) is 2.19. The van der Waals surface area contributed by atoms with Crippen LogP contribution in [0.4, 0.5) is 0 Å². The van der Waals surface area contributed by atoms with Gasteiger partial charge in [-0.25, -0.2) is 0 Å². The summed E-state index contributed by atoms with van der Waals surface area (Å²) in [4.78, 5) is 3.88. The molecule has 3 heteroatoms. The van der Waals surface area contributed by atoms with E-state index in [1.807, 2.05) is 11.3 Å². The van der Waals surface area contributed by atoms with E-state index in [0.29, 0.717) is 18.0 Å². The maximum atomic E-state index is 5.85. The van der Waals surface area contributed by atoms with Crippen molar-refractivity contribution >= 4 is 11.3 Å². The van der Waals surface area contributed by atoms with Gasteiger partial charge in [-0.2, -0.15) is 0 Å². The zero-order valence-corrected chi connectivity index (χ0v) is 11.6. The van der Waals surface area contributed by atoms with E-state index in [0.717, 1.165) is 13.0 Å². The second kappa shape index (κ2) is 6.38. The van der Waals surface area contributed by atoms with Crippen LogP contribution in [0.1, 0.15) is 25.6 Å². The first-order valence-electron chi connectivity index (χ1n) is 6.00. The number of likely N-dealkylation sites (N-methyl/N-ethyl adjacent to an activating group) is 1. The van der Waals surface area contributed by atoms with Crippen LogP contribution in [0.5, 0.6) is 0 Å². The van der Waals surface area contributed by atoms with E-state index in [4.69, 9.17) is 5.73 Å². The van der Waals surface area contributed by atoms with Crippen molar-refractivity contribution in [1.82, 2.24) is 4.90 Å². The van der Waals surface area contributed by atoms with Crippen molar-refractivity contribution in [3.8, 4) is 0 Å². The lowest BCUT2D eigenvalue weighted by molar-refractivity contribution is 0.149. The highest BCUT2D eigenvalue weighted by atomic mass is 32.1. The van der Waals surface area contributed by atoms with Crippen molar-refractivity contribution in [3.05, 3.63) is 22.4 Å². The Balaban J connectivity index is 2.55. The first-order chi connectivity index (χ1) is 7.56. The zero-order valence-electron chi connectivity index (χ0n) is 10.8. The lowest BCUT2D eigenvalue weighted by Gasteiger charge is -2.34. The molecular formula is C13H24N2S. The van der Waals surface area contributed by atoms with Gasteiger partial charge in [0.2, 0.25) is 0 Å². The second-order valence-corrected chi connectivity index (χ2v) is 5.88. The fraction of sp³-hybridized carbons (Fsp3) is 0.692. The molecule has 0 saturated carbocycles. The predicted octanol–water partition coefficient (Wildman–Crippen LogP) is 2.59. The predicted molar refractivity (Wildman–Crippen MR) is 72.9 cm³/mol. The van der Waals surface area contributed by atoms with E-state index < -0.39 is 0 Å². The molecule has 2 unspecified atom stereocenters. The SMILES string of the molecule is CC(C)C(CN)N(C)C(C)Cc1cccs1. The van der Waals surface area contributed by atoms with E-state index in [1.165, 1.54) is 4.88 Å². The lowest BCUT2D eigenvalue weighted by Crippen LogP contribution is -2.46. The summed E-state index contributed by atoms with van der Waals surface area (Å²) in [6, 6.07) is 5.36. The quantitative estimate of drug-likeness (QED) is 0.828. The van der Waals surface area contributed by atoms with Crippen LogP contribution >= 0.6 is 11.3 Å². The highest BCUT2D eigenvalue weighted by molar-refractivity contribution is 7.09. The molecule has 1 heterocycles. The third-order valence-electron chi connectivity index (χ3n) is 3.31. The molecule has 0 saturated heterocycles. The van der Waals surface area contributed by atoms with Gasteiger partial charge in [-0.3, -0.25) is 4.90 Å². The molecule has 0 spiro atoms. The molecule has 2 N–H and O–H groups in total. The average Bonchev–Trinajstić information content (AvgIpc) is 2.70. The van der Waals surface area contributed by atoms with Crippen molar-refractivity contribution in [1.29, 1.82) is 0 Å². The van der Waals surface area contributed by atoms with E-state index in [2.05, 4.69) is 50.2 Å². The molecule has 1 aromatic heterocycles. The molecule has 92 valence electrons. The smallest absolute Gasteiger partial charge is 0.0241 e. The molecule has 0 aliphatic carbocycles. The fourth-order valence-electron chi connectivity index (χ4n) is 2.10. The van der Waals surface area contributed by atoms with Crippen molar-refractivity contribution in [2.45, 2.75) is 39.3 Å². The van der Waals surface area contributed by atoms with Gasteiger partial charge in [0.05, 0.1) is 0 Å². The lowest BCUT2D eigenvalue weighted by atomic mass is 10.0. The third kappa shape index (κ3) is 3.58. The number of nitrogens with zero attached hydrogens (tertiary/aromatic N) is 1. The summed E-state index contributed by atoms with van der Waals surface area (Å²) in [5.74, 6) is 0.612. The van der Waals surface area contributed by atoms with Crippen LogP contribution in [0, 0.1) is 5.92 Å². The molecule has 1 aromatic rings. The van der Waals surface area contributed by atoms with Gasteiger partial charge in [-0.1, -0.05) is 19.9 Å². The maximum absolute atomic E-state index is 5.85. The molecule has 0 aliphatic rings. The number of hydrogen-bond donors (Lipinski definition) is 1. The Morgan fingerprint density at radius 2 is 2.06 bits per heavy atom. The van der Waals surface area contributed by atoms with Gasteiger partial charge < -0.3 is 5.73 Å². The van der Waals surface area contributed by atoms with Crippen LogP contribution in [0.3, 0.4) is 0 Å². The minimum atomic E-state index is 0.481. The van der Waals surface area contributed by atoms with Gasteiger partial charge in [-0.05, 0) is 37.8 Å². The van der Waals surface area contributed by atoms with Crippen LogP contribution in [0.25, 0.3) is 0 Å². The van der Waals surface area contributed by atoms with Crippen LogP contribution in [-0.2, 0) is 6.42 Å². The average molecular weight is 240 g/mol. The molecular weight excluding hydrogens is 216 g/mol. The molecule has 16 heavy (non-hydrogen) atoms. The summed E-state index contributed by atoms with van der Waals surface area (Å²) < 4.78 is 0. The van der Waals surface area contributed by atoms with Gasteiger partial charge >= 0.3 is 0 Å². The number of hydrogen-bond acceptors (Lipinski definition) is 3. The van der Waals surface area contributed by atoms with E-state index in [-0.39, 0.29) is 0 Å². The summed E-state index contributed by atoms with van der Waals surface area (Å²) in [5.41, 5.74) is 5.85. The standard InChI is InChI=1S/C13H24N2S/c1-10(2)13(9-14)15(4)11(3)8-12-6-5-7-16-12/h5-7,10-11,13H,8-9,14H2,1-4H3. The Morgan fingerprint density at radius 1 is 1.38 bits per heavy atom. The molecule has 2 nitrogen and oxygen atoms in total. The minimum Gasteiger partial charge on any atom is -0.329 e. The van der Waals surface area contributed by atoms with Crippen molar-refractivity contribution in [2.24, 2.45) is 11.7 Å². The molecule has 0 radical (unpaired) electrons. The Morgan fingerprint density at radius 3 is 2.50 bits per heavy atom. The summed E-state index contributed by atoms with van der Waals surface area (Å²) >= 11 is 1.84.